The van der Waals surface area contributed by atoms with Crippen LogP contribution < -0.4 is 5.32 Å². The van der Waals surface area contributed by atoms with Crippen LogP contribution in [0.4, 0.5) is 5.69 Å². The molecule has 1 aromatic heterocycles. The molecule has 35 heavy (non-hydrogen) atoms. The number of thioether (sulfide) groups is 1. The van der Waals surface area contributed by atoms with Crippen LogP contribution in [0.1, 0.15) is 57.5 Å². The Kier molecular flexibility index (Phi) is 8.67. The molecule has 1 heterocycles. The minimum atomic E-state index is -0.427. The highest BCUT2D eigenvalue weighted by molar-refractivity contribution is 7.98. The fourth-order valence-corrected chi connectivity index (χ4v) is 5.14. The number of carbonyl (C=O) groups excluding carboxylic acids is 1. The van der Waals surface area contributed by atoms with Crippen LogP contribution in [0.3, 0.4) is 0 Å². The summed E-state index contributed by atoms with van der Waals surface area (Å²) in [5.74, 6) is 1.51. The first-order valence-corrected chi connectivity index (χ1v) is 12.6. The third-order valence-electron chi connectivity index (χ3n) is 5.58. The van der Waals surface area contributed by atoms with E-state index in [1.807, 2.05) is 16.7 Å². The van der Waals surface area contributed by atoms with E-state index < -0.39 is 4.92 Å². The van der Waals surface area contributed by atoms with E-state index in [0.29, 0.717) is 28.8 Å². The van der Waals surface area contributed by atoms with Gasteiger partial charge in [0.1, 0.15) is 0 Å². The van der Waals surface area contributed by atoms with Crippen molar-refractivity contribution in [3.8, 4) is 5.69 Å². The van der Waals surface area contributed by atoms with E-state index in [-0.39, 0.29) is 29.5 Å². The lowest BCUT2D eigenvalue weighted by Crippen LogP contribution is -2.27. The van der Waals surface area contributed by atoms with Crippen molar-refractivity contribution in [1.29, 1.82) is 0 Å². The second kappa shape index (κ2) is 11.5. The number of benzene rings is 2. The maximum atomic E-state index is 12.6. The van der Waals surface area contributed by atoms with Crippen molar-refractivity contribution in [3.05, 3.63) is 75.6 Å². The molecule has 2 aromatic carbocycles. The van der Waals surface area contributed by atoms with E-state index in [1.54, 1.807) is 12.1 Å². The number of aryl methyl sites for hydroxylation is 1. The highest BCUT2D eigenvalue weighted by Gasteiger charge is 2.20. The normalized spacial score (nSPS) is 12.4. The zero-order chi connectivity index (χ0) is 25.6. The Morgan fingerprint density at radius 3 is 2.46 bits per heavy atom. The van der Waals surface area contributed by atoms with Gasteiger partial charge in [-0.05, 0) is 47.9 Å². The minimum absolute atomic E-state index is 0.0126. The molecule has 0 saturated heterocycles. The number of rotatable bonds is 10. The molecule has 1 atom stereocenters. The predicted octanol–water partition coefficient (Wildman–Crippen LogP) is 5.85. The Labute approximate surface area is 210 Å². The van der Waals surface area contributed by atoms with Crippen molar-refractivity contribution in [2.24, 2.45) is 11.3 Å². The number of nitrogens with zero attached hydrogens (tertiary/aromatic N) is 4. The first-order chi connectivity index (χ1) is 16.5. The van der Waals surface area contributed by atoms with E-state index >= 15 is 0 Å². The Morgan fingerprint density at radius 2 is 1.83 bits per heavy atom. The molecule has 9 heteroatoms. The summed E-state index contributed by atoms with van der Waals surface area (Å²) >= 11 is 1.53. The summed E-state index contributed by atoms with van der Waals surface area (Å²) in [5.41, 5.74) is 3.27. The summed E-state index contributed by atoms with van der Waals surface area (Å²) in [7, 11) is 0. The molecular weight excluding hydrogens is 462 g/mol. The van der Waals surface area contributed by atoms with Crippen LogP contribution in [-0.2, 0) is 17.1 Å². The minimum Gasteiger partial charge on any atom is -0.349 e. The Balaban J connectivity index is 1.79. The zero-order valence-corrected chi connectivity index (χ0v) is 21.8. The summed E-state index contributed by atoms with van der Waals surface area (Å²) < 4.78 is 1.85. The molecule has 3 rings (SSSR count). The van der Waals surface area contributed by atoms with Crippen molar-refractivity contribution >= 4 is 23.4 Å². The van der Waals surface area contributed by atoms with Gasteiger partial charge in [0.05, 0.1) is 11.5 Å². The topological polar surface area (TPSA) is 103 Å². The largest absolute Gasteiger partial charge is 0.349 e. The number of hydrogen-bond acceptors (Lipinski definition) is 6. The number of aromatic nitrogens is 3. The lowest BCUT2D eigenvalue weighted by molar-refractivity contribution is -0.384. The van der Waals surface area contributed by atoms with Crippen LogP contribution in [0.2, 0.25) is 0 Å². The number of non-ortho nitro benzene ring substituents is 1. The molecule has 0 aliphatic heterocycles. The first kappa shape index (κ1) is 26.4. The molecule has 186 valence electrons. The fourth-order valence-electron chi connectivity index (χ4n) is 4.09. The van der Waals surface area contributed by atoms with E-state index in [1.165, 1.54) is 35.0 Å². The van der Waals surface area contributed by atoms with Crippen molar-refractivity contribution < 1.29 is 9.72 Å². The van der Waals surface area contributed by atoms with E-state index in [4.69, 9.17) is 0 Å². The SMILES string of the molecule is Cc1ccccc1CSc1nnc(CNC(=O)CC(C)CC(C)(C)C)n1-c1ccc([N+](=O)[O-])cc1. The molecule has 1 N–H and O–H groups in total. The number of nitro benzene ring substituents is 1. The molecule has 1 amide bonds. The van der Waals surface area contributed by atoms with Crippen LogP contribution >= 0.6 is 11.8 Å². The summed E-state index contributed by atoms with van der Waals surface area (Å²) in [5, 5.41) is 23.4. The van der Waals surface area contributed by atoms with Gasteiger partial charge in [0, 0.05) is 30.0 Å². The number of nitrogens with one attached hydrogen (secondary N) is 1. The van der Waals surface area contributed by atoms with E-state index in [2.05, 4.69) is 62.3 Å². The monoisotopic (exact) mass is 495 g/mol. The lowest BCUT2D eigenvalue weighted by atomic mass is 9.84. The van der Waals surface area contributed by atoms with Crippen molar-refractivity contribution in [1.82, 2.24) is 20.1 Å². The maximum Gasteiger partial charge on any atom is 0.269 e. The van der Waals surface area contributed by atoms with Crippen LogP contribution in [0.25, 0.3) is 5.69 Å². The smallest absolute Gasteiger partial charge is 0.269 e. The number of hydrogen-bond donors (Lipinski definition) is 1. The summed E-state index contributed by atoms with van der Waals surface area (Å²) in [6.07, 6.45) is 1.40. The predicted molar refractivity (Wildman–Crippen MR) is 138 cm³/mol. The standard InChI is InChI=1S/C26H33N5O3S/c1-18(15-26(3,4)5)14-24(32)27-16-23-28-29-25(35-17-20-9-7-6-8-19(20)2)30(23)21-10-12-22(13-11-21)31(33)34/h6-13,18H,14-17H2,1-5H3,(H,27,32). The van der Waals surface area contributed by atoms with Crippen LogP contribution in [0, 0.1) is 28.4 Å². The highest BCUT2D eigenvalue weighted by atomic mass is 32.2. The molecule has 0 radical (unpaired) electrons. The molecule has 0 aliphatic carbocycles. The summed E-state index contributed by atoms with van der Waals surface area (Å²) in [4.78, 5) is 23.3. The van der Waals surface area contributed by atoms with E-state index in [9.17, 15) is 14.9 Å². The number of carbonyl (C=O) groups is 1. The van der Waals surface area contributed by atoms with Gasteiger partial charge in [0.25, 0.3) is 5.69 Å². The Bertz CT molecular complexity index is 1170. The summed E-state index contributed by atoms with van der Waals surface area (Å²) in [6, 6.07) is 14.4. The third-order valence-corrected chi connectivity index (χ3v) is 6.55. The molecule has 8 nitrogen and oxygen atoms in total. The second-order valence-electron chi connectivity index (χ2n) is 10.1. The molecule has 3 aromatic rings. The van der Waals surface area contributed by atoms with Gasteiger partial charge in [-0.25, -0.2) is 0 Å². The van der Waals surface area contributed by atoms with E-state index in [0.717, 1.165) is 6.42 Å². The number of nitro groups is 1. The van der Waals surface area contributed by atoms with Crippen molar-refractivity contribution in [3.63, 3.8) is 0 Å². The molecule has 0 aliphatic rings. The van der Waals surface area contributed by atoms with Gasteiger partial charge in [0.15, 0.2) is 11.0 Å². The van der Waals surface area contributed by atoms with Crippen LogP contribution in [0.15, 0.2) is 53.7 Å². The molecule has 1 unspecified atom stereocenters. The summed E-state index contributed by atoms with van der Waals surface area (Å²) in [6.45, 7) is 10.9. The zero-order valence-electron chi connectivity index (χ0n) is 20.9. The fraction of sp³-hybridized carbons (Fsp3) is 0.423. The van der Waals surface area contributed by atoms with Gasteiger partial charge in [-0.1, -0.05) is 63.7 Å². The Hall–Kier alpha value is -3.20. The van der Waals surface area contributed by atoms with Gasteiger partial charge in [0.2, 0.25) is 5.91 Å². The lowest BCUT2D eigenvalue weighted by Gasteiger charge is -2.22. The average Bonchev–Trinajstić information content (AvgIpc) is 3.18. The van der Waals surface area contributed by atoms with Crippen molar-refractivity contribution in [2.45, 2.75) is 64.9 Å². The van der Waals surface area contributed by atoms with Gasteiger partial charge < -0.3 is 5.32 Å². The third kappa shape index (κ3) is 7.65. The molecule has 0 fully saturated rings. The maximum absolute atomic E-state index is 12.6. The highest BCUT2D eigenvalue weighted by Crippen LogP contribution is 2.28. The Morgan fingerprint density at radius 1 is 1.14 bits per heavy atom. The van der Waals surface area contributed by atoms with Crippen LogP contribution in [0.5, 0.6) is 0 Å². The molecule has 0 bridgehead atoms. The molecule has 0 spiro atoms. The van der Waals surface area contributed by atoms with Gasteiger partial charge in [-0.2, -0.15) is 0 Å². The first-order valence-electron chi connectivity index (χ1n) is 11.7. The molecule has 0 saturated carbocycles. The van der Waals surface area contributed by atoms with Crippen LogP contribution in [-0.4, -0.2) is 25.6 Å². The quantitative estimate of drug-likeness (QED) is 0.215. The molecular formula is C26H33N5O3S. The van der Waals surface area contributed by atoms with Gasteiger partial charge in [-0.15, -0.1) is 10.2 Å². The van der Waals surface area contributed by atoms with Gasteiger partial charge >= 0.3 is 0 Å². The average molecular weight is 496 g/mol. The number of amides is 1. The van der Waals surface area contributed by atoms with Crippen molar-refractivity contribution in [2.75, 3.05) is 0 Å². The second-order valence-corrected chi connectivity index (χ2v) is 11.0. The van der Waals surface area contributed by atoms with Gasteiger partial charge in [-0.3, -0.25) is 19.5 Å².